The van der Waals surface area contributed by atoms with Crippen LogP contribution in [0.3, 0.4) is 0 Å². The molecule has 0 unspecified atom stereocenters. The van der Waals surface area contributed by atoms with Crippen LogP contribution in [0.5, 0.6) is 0 Å². The molecule has 2 rings (SSSR count). The standard InChI is InChI=1S/C24H43N5O5S/c1-20(29-22-18-25-19-28-22)17-24(31)27-9-11-33-13-15-34-14-12-32-10-8-26-23(30)7-3-2-5-21-6-4-16-35-21/h18-21,29H,2-17H2,1H3,(H,25,28)(H,26,30)(H,27,31)/t20-,21-/m0/s1. The van der Waals surface area contributed by atoms with Crippen LogP contribution in [-0.2, 0) is 23.8 Å². The molecule has 0 radical (unpaired) electrons. The normalized spacial score (nSPS) is 16.2. The van der Waals surface area contributed by atoms with Crippen molar-refractivity contribution in [2.75, 3.05) is 63.8 Å². The quantitative estimate of drug-likeness (QED) is 0.185. The van der Waals surface area contributed by atoms with Crippen LogP contribution in [0.4, 0.5) is 5.82 Å². The van der Waals surface area contributed by atoms with Crippen LogP contribution in [0, 0.1) is 0 Å². The van der Waals surface area contributed by atoms with Crippen molar-refractivity contribution in [2.24, 2.45) is 0 Å². The highest BCUT2D eigenvalue weighted by molar-refractivity contribution is 8.00. The van der Waals surface area contributed by atoms with E-state index in [9.17, 15) is 9.59 Å². The molecule has 1 saturated heterocycles. The molecule has 1 fully saturated rings. The summed E-state index contributed by atoms with van der Waals surface area (Å²) in [5.41, 5.74) is 0. The second-order valence-corrected chi connectivity index (χ2v) is 10.0. The van der Waals surface area contributed by atoms with E-state index < -0.39 is 0 Å². The van der Waals surface area contributed by atoms with Gasteiger partial charge in [-0.05, 0) is 38.4 Å². The molecule has 1 aromatic heterocycles. The predicted molar refractivity (Wildman–Crippen MR) is 139 cm³/mol. The van der Waals surface area contributed by atoms with Crippen LogP contribution in [-0.4, -0.2) is 91.6 Å². The Balaban J connectivity index is 1.26. The Morgan fingerprint density at radius 3 is 2.37 bits per heavy atom. The molecular formula is C24H43N5O5S. The number of anilines is 1. The number of aromatic nitrogens is 2. The number of nitrogens with one attached hydrogen (secondary N) is 4. The van der Waals surface area contributed by atoms with E-state index in [0.29, 0.717) is 65.6 Å². The van der Waals surface area contributed by atoms with Gasteiger partial charge in [0.2, 0.25) is 11.8 Å². The van der Waals surface area contributed by atoms with Crippen molar-refractivity contribution in [2.45, 2.75) is 63.2 Å². The van der Waals surface area contributed by atoms with Crippen LogP contribution in [0.15, 0.2) is 12.5 Å². The van der Waals surface area contributed by atoms with Crippen molar-refractivity contribution < 1.29 is 23.8 Å². The Morgan fingerprint density at radius 1 is 1.06 bits per heavy atom. The van der Waals surface area contributed by atoms with Gasteiger partial charge in [0.15, 0.2) is 0 Å². The van der Waals surface area contributed by atoms with Crippen molar-refractivity contribution >= 4 is 29.4 Å². The van der Waals surface area contributed by atoms with Gasteiger partial charge in [-0.3, -0.25) is 9.59 Å². The van der Waals surface area contributed by atoms with Gasteiger partial charge in [0.05, 0.1) is 52.2 Å². The molecule has 0 saturated carbocycles. The Kier molecular flexibility index (Phi) is 16.3. The number of carbonyl (C=O) groups excluding carboxylic acids is 2. The molecular weight excluding hydrogens is 470 g/mol. The van der Waals surface area contributed by atoms with Gasteiger partial charge in [-0.25, -0.2) is 4.98 Å². The number of amides is 2. The van der Waals surface area contributed by atoms with E-state index >= 15 is 0 Å². The number of aromatic amines is 1. The molecule has 0 aliphatic carbocycles. The Labute approximate surface area is 213 Å². The highest BCUT2D eigenvalue weighted by atomic mass is 32.2. The van der Waals surface area contributed by atoms with E-state index in [0.717, 1.165) is 23.9 Å². The van der Waals surface area contributed by atoms with E-state index in [2.05, 4.69) is 37.7 Å². The van der Waals surface area contributed by atoms with Gasteiger partial charge in [-0.1, -0.05) is 6.42 Å². The molecule has 10 nitrogen and oxygen atoms in total. The number of hydrogen-bond donors (Lipinski definition) is 4. The predicted octanol–water partition coefficient (Wildman–Crippen LogP) is 2.34. The van der Waals surface area contributed by atoms with Gasteiger partial charge in [0.25, 0.3) is 0 Å². The number of rotatable bonds is 21. The molecule has 11 heteroatoms. The average molecular weight is 514 g/mol. The number of H-pyrrole nitrogens is 1. The third-order valence-electron chi connectivity index (χ3n) is 5.48. The first kappa shape index (κ1) is 29.4. The zero-order chi connectivity index (χ0) is 25.0. The molecule has 2 heterocycles. The monoisotopic (exact) mass is 513 g/mol. The summed E-state index contributed by atoms with van der Waals surface area (Å²) in [7, 11) is 0. The van der Waals surface area contributed by atoms with Gasteiger partial charge >= 0.3 is 0 Å². The molecule has 200 valence electrons. The summed E-state index contributed by atoms with van der Waals surface area (Å²) in [6, 6.07) is -0.00134. The summed E-state index contributed by atoms with van der Waals surface area (Å²) < 4.78 is 16.4. The number of thioether (sulfide) groups is 1. The lowest BCUT2D eigenvalue weighted by atomic mass is 10.1. The van der Waals surface area contributed by atoms with Gasteiger partial charge in [0.1, 0.15) is 5.82 Å². The second kappa shape index (κ2) is 19.4. The van der Waals surface area contributed by atoms with Gasteiger partial charge in [-0.15, -0.1) is 0 Å². The molecule has 0 spiro atoms. The van der Waals surface area contributed by atoms with Crippen molar-refractivity contribution in [3.05, 3.63) is 12.5 Å². The van der Waals surface area contributed by atoms with E-state index in [1.165, 1.54) is 25.0 Å². The lowest BCUT2D eigenvalue weighted by Crippen LogP contribution is -2.32. The number of ether oxygens (including phenoxy) is 3. The highest BCUT2D eigenvalue weighted by Crippen LogP contribution is 2.29. The third kappa shape index (κ3) is 15.7. The maximum Gasteiger partial charge on any atom is 0.222 e. The topological polar surface area (TPSA) is 127 Å². The summed E-state index contributed by atoms with van der Waals surface area (Å²) in [6.45, 7) is 5.75. The Morgan fingerprint density at radius 2 is 1.74 bits per heavy atom. The summed E-state index contributed by atoms with van der Waals surface area (Å²) in [4.78, 5) is 30.6. The molecule has 1 aromatic rings. The van der Waals surface area contributed by atoms with Gasteiger partial charge in [-0.2, -0.15) is 11.8 Å². The van der Waals surface area contributed by atoms with Crippen LogP contribution < -0.4 is 16.0 Å². The number of hydrogen-bond acceptors (Lipinski definition) is 8. The van der Waals surface area contributed by atoms with Crippen LogP contribution in [0.2, 0.25) is 0 Å². The van der Waals surface area contributed by atoms with E-state index in [-0.39, 0.29) is 17.9 Å². The summed E-state index contributed by atoms with van der Waals surface area (Å²) >= 11 is 2.08. The number of nitrogens with zero attached hydrogens (tertiary/aromatic N) is 1. The van der Waals surface area contributed by atoms with Crippen molar-refractivity contribution in [1.29, 1.82) is 0 Å². The molecule has 0 aromatic carbocycles. The van der Waals surface area contributed by atoms with Crippen LogP contribution >= 0.6 is 11.8 Å². The fourth-order valence-electron chi connectivity index (χ4n) is 3.69. The molecule has 1 aliphatic rings. The van der Waals surface area contributed by atoms with Crippen molar-refractivity contribution in [1.82, 2.24) is 20.6 Å². The first-order valence-electron chi connectivity index (χ1n) is 12.8. The molecule has 2 amide bonds. The maximum atomic E-state index is 11.9. The summed E-state index contributed by atoms with van der Waals surface area (Å²) in [5.74, 6) is 2.17. The van der Waals surface area contributed by atoms with Crippen LogP contribution in [0.1, 0.15) is 51.9 Å². The molecule has 1 aliphatic heterocycles. The lowest BCUT2D eigenvalue weighted by Gasteiger charge is -2.13. The van der Waals surface area contributed by atoms with Gasteiger partial charge < -0.3 is 35.1 Å². The van der Waals surface area contributed by atoms with Gasteiger partial charge in [0, 0.05) is 37.2 Å². The largest absolute Gasteiger partial charge is 0.377 e. The molecule has 4 N–H and O–H groups in total. The van der Waals surface area contributed by atoms with E-state index in [4.69, 9.17) is 14.2 Å². The minimum Gasteiger partial charge on any atom is -0.377 e. The summed E-state index contributed by atoms with van der Waals surface area (Å²) in [5, 5.41) is 9.73. The zero-order valence-corrected chi connectivity index (χ0v) is 21.8. The lowest BCUT2D eigenvalue weighted by molar-refractivity contribution is -0.122. The molecule has 35 heavy (non-hydrogen) atoms. The third-order valence-corrected chi connectivity index (χ3v) is 6.94. The smallest absolute Gasteiger partial charge is 0.222 e. The number of unbranched alkanes of at least 4 members (excludes halogenated alkanes) is 1. The maximum absolute atomic E-state index is 11.9. The number of imidazole rings is 1. The van der Waals surface area contributed by atoms with Crippen molar-refractivity contribution in [3.63, 3.8) is 0 Å². The minimum atomic E-state index is -0.0313. The van der Waals surface area contributed by atoms with E-state index in [1.54, 1.807) is 12.5 Å². The minimum absolute atomic E-state index is 0.00134. The average Bonchev–Trinajstić information content (AvgIpc) is 3.54. The second-order valence-electron chi connectivity index (χ2n) is 8.63. The fraction of sp³-hybridized carbons (Fsp3) is 0.792. The van der Waals surface area contributed by atoms with Crippen molar-refractivity contribution in [3.8, 4) is 0 Å². The van der Waals surface area contributed by atoms with E-state index in [1.807, 2.05) is 6.92 Å². The zero-order valence-electron chi connectivity index (χ0n) is 21.0. The first-order valence-corrected chi connectivity index (χ1v) is 13.8. The highest BCUT2D eigenvalue weighted by Gasteiger charge is 2.14. The summed E-state index contributed by atoms with van der Waals surface area (Å²) in [6.07, 6.45) is 10.3. The first-order chi connectivity index (χ1) is 17.1. The Hall–Kier alpha value is -1.82. The molecule has 2 atom stereocenters. The fourth-order valence-corrected chi connectivity index (χ4v) is 5.02. The van der Waals surface area contributed by atoms with Crippen LogP contribution in [0.25, 0.3) is 0 Å². The Bertz CT molecular complexity index is 673. The number of carbonyl (C=O) groups is 2. The SMILES string of the molecule is C[C@@H](CC(=O)NCCOCCOCCOCCNC(=O)CCCC[C@H]1CCCS1)Nc1cnc[nH]1. The molecule has 0 bridgehead atoms.